The van der Waals surface area contributed by atoms with Crippen LogP contribution in [0.3, 0.4) is 0 Å². The molecule has 0 amide bonds. The molecule has 9 nitrogen and oxygen atoms in total. The number of hydrogen-bond donors (Lipinski definition) is 0. The largest absolute Gasteiger partial charge is 0.494 e. The van der Waals surface area contributed by atoms with Crippen molar-refractivity contribution in [3.63, 3.8) is 0 Å². The van der Waals surface area contributed by atoms with Gasteiger partial charge in [0.1, 0.15) is 23.4 Å². The van der Waals surface area contributed by atoms with Crippen molar-refractivity contribution in [1.29, 1.82) is 0 Å². The van der Waals surface area contributed by atoms with E-state index in [-0.39, 0.29) is 11.5 Å². The van der Waals surface area contributed by atoms with Crippen molar-refractivity contribution in [3.05, 3.63) is 98.8 Å². The summed E-state index contributed by atoms with van der Waals surface area (Å²) in [7, 11) is 0. The minimum absolute atomic E-state index is 0.309. The molecule has 0 N–H and O–H groups in total. The van der Waals surface area contributed by atoms with Crippen LogP contribution in [0.15, 0.2) is 71.9 Å². The Morgan fingerprint density at radius 2 is 1.67 bits per heavy atom. The Morgan fingerprint density at radius 1 is 0.949 bits per heavy atom. The fourth-order valence-corrected chi connectivity index (χ4v) is 5.19. The molecule has 0 unspecified atom stereocenters. The Bertz CT molecular complexity index is 1400. The second-order valence-electron chi connectivity index (χ2n) is 8.47. The minimum atomic E-state index is -0.547. The molecule has 0 radical (unpaired) electrons. The highest BCUT2D eigenvalue weighted by molar-refractivity contribution is 7.99. The quantitative estimate of drug-likeness (QED) is 0.0995. The van der Waals surface area contributed by atoms with Crippen LogP contribution in [0.25, 0.3) is 5.69 Å². The number of thioether (sulfide) groups is 1. The smallest absolute Gasteiger partial charge is 0.220 e. The average molecular weight is 569 g/mol. The molecule has 0 bridgehead atoms. The third-order valence-electron chi connectivity index (χ3n) is 5.71. The number of nitro groups is 1. The molecule has 0 fully saturated rings. The van der Waals surface area contributed by atoms with Gasteiger partial charge in [0, 0.05) is 15.6 Å². The lowest BCUT2D eigenvalue weighted by Gasteiger charge is -2.17. The summed E-state index contributed by atoms with van der Waals surface area (Å²) in [5, 5.41) is 20.9. The van der Waals surface area contributed by atoms with E-state index in [0.29, 0.717) is 47.3 Å². The lowest BCUT2D eigenvalue weighted by Crippen LogP contribution is -2.11. The number of ether oxygens (including phenoxy) is 3. The van der Waals surface area contributed by atoms with E-state index in [1.165, 1.54) is 11.8 Å². The molecule has 1 aromatic heterocycles. The first-order valence-corrected chi connectivity index (χ1v) is 13.7. The summed E-state index contributed by atoms with van der Waals surface area (Å²) in [5.41, 5.74) is 2.51. The molecule has 11 heteroatoms. The van der Waals surface area contributed by atoms with E-state index in [9.17, 15) is 10.1 Å². The van der Waals surface area contributed by atoms with Gasteiger partial charge >= 0.3 is 0 Å². The topological polar surface area (TPSA) is 102 Å². The number of hydrogen-bond acceptors (Lipinski definition) is 8. The van der Waals surface area contributed by atoms with Gasteiger partial charge in [-0.2, -0.15) is 0 Å². The fraction of sp³-hybridized carbons (Fsp3) is 0.286. The molecule has 4 aromatic rings. The van der Waals surface area contributed by atoms with Gasteiger partial charge in [-0.25, -0.2) is 0 Å². The van der Waals surface area contributed by atoms with Gasteiger partial charge in [0.2, 0.25) is 6.54 Å². The zero-order valence-electron chi connectivity index (χ0n) is 21.9. The summed E-state index contributed by atoms with van der Waals surface area (Å²) < 4.78 is 19.3. The maximum atomic E-state index is 11.7. The van der Waals surface area contributed by atoms with Crippen LogP contribution in [0.2, 0.25) is 5.02 Å². The predicted octanol–water partition coefficient (Wildman–Crippen LogP) is 6.72. The van der Waals surface area contributed by atoms with E-state index >= 15 is 0 Å². The first-order valence-electron chi connectivity index (χ1n) is 12.5. The van der Waals surface area contributed by atoms with Crippen LogP contribution in [-0.4, -0.2) is 39.4 Å². The van der Waals surface area contributed by atoms with E-state index in [1.807, 2.05) is 67.8 Å². The number of halogens is 1. The summed E-state index contributed by atoms with van der Waals surface area (Å²) >= 11 is 7.25. The Morgan fingerprint density at radius 3 is 2.33 bits per heavy atom. The van der Waals surface area contributed by atoms with Crippen molar-refractivity contribution in [1.82, 2.24) is 14.8 Å². The maximum Gasteiger partial charge on any atom is 0.220 e. The summed E-state index contributed by atoms with van der Waals surface area (Å²) in [6, 6.07) is 20.4. The monoisotopic (exact) mass is 568 g/mol. The van der Waals surface area contributed by atoms with Crippen LogP contribution < -0.4 is 14.2 Å². The summed E-state index contributed by atoms with van der Waals surface area (Å²) in [4.78, 5) is 11.3. The molecule has 0 aliphatic heterocycles. The first-order chi connectivity index (χ1) is 18.9. The van der Waals surface area contributed by atoms with E-state index in [0.717, 1.165) is 22.6 Å². The van der Waals surface area contributed by atoms with Gasteiger partial charge in [-0.15, -0.1) is 10.2 Å². The third-order valence-corrected chi connectivity index (χ3v) is 7.14. The lowest BCUT2D eigenvalue weighted by atomic mass is 10.1. The number of benzene rings is 3. The molecule has 3 aromatic carbocycles. The van der Waals surface area contributed by atoms with E-state index in [1.54, 1.807) is 24.3 Å². The Kier molecular flexibility index (Phi) is 9.67. The molecule has 204 valence electrons. The zero-order valence-corrected chi connectivity index (χ0v) is 23.4. The van der Waals surface area contributed by atoms with Crippen molar-refractivity contribution >= 4 is 23.4 Å². The molecule has 39 heavy (non-hydrogen) atoms. The van der Waals surface area contributed by atoms with Gasteiger partial charge in [-0.3, -0.25) is 14.7 Å². The molecular formula is C28H29ClN4O5S. The molecule has 0 saturated carbocycles. The molecule has 0 aliphatic rings. The molecule has 1 atom stereocenters. The Hall–Kier alpha value is -3.76. The molecule has 4 rings (SSSR count). The van der Waals surface area contributed by atoms with Crippen molar-refractivity contribution in [2.24, 2.45) is 0 Å². The van der Waals surface area contributed by atoms with E-state index < -0.39 is 5.25 Å². The van der Waals surface area contributed by atoms with E-state index in [2.05, 4.69) is 10.2 Å². The van der Waals surface area contributed by atoms with Crippen LogP contribution in [-0.2, 0) is 6.61 Å². The van der Waals surface area contributed by atoms with Gasteiger partial charge < -0.3 is 14.2 Å². The molecule has 0 saturated heterocycles. The predicted molar refractivity (Wildman–Crippen MR) is 151 cm³/mol. The van der Waals surface area contributed by atoms with Crippen molar-refractivity contribution in [3.8, 4) is 22.9 Å². The highest BCUT2D eigenvalue weighted by Crippen LogP contribution is 2.40. The number of rotatable bonds is 13. The number of nitrogens with zero attached hydrogens (tertiary/aromatic N) is 4. The van der Waals surface area contributed by atoms with Crippen molar-refractivity contribution in [2.45, 2.75) is 37.8 Å². The summed E-state index contributed by atoms with van der Waals surface area (Å²) in [6.45, 7) is 6.65. The molecule has 1 heterocycles. The maximum absolute atomic E-state index is 11.7. The van der Waals surface area contributed by atoms with Crippen LogP contribution >= 0.6 is 23.4 Å². The first kappa shape index (κ1) is 28.3. The number of aromatic nitrogens is 3. The average Bonchev–Trinajstić information content (AvgIpc) is 3.28. The van der Waals surface area contributed by atoms with Crippen LogP contribution in [0.5, 0.6) is 17.2 Å². The summed E-state index contributed by atoms with van der Waals surface area (Å²) in [6.07, 6.45) is 0. The van der Waals surface area contributed by atoms with Crippen molar-refractivity contribution in [2.75, 3.05) is 19.8 Å². The highest BCUT2D eigenvalue weighted by Gasteiger charge is 2.25. The standard InChI is InChI=1S/C28H29ClN4O5S/c1-4-36-24-13-11-23(12-14-24)33-19(3)30-31-28(33)39-27(17-32(34)35)21-8-15-25(26(16-21)37-5-2)38-18-20-6-9-22(29)10-7-20/h6-16,27H,4-5,17-18H2,1-3H3/t27-/m0/s1. The Balaban J connectivity index is 1.60. The lowest BCUT2D eigenvalue weighted by molar-refractivity contribution is -0.479. The van der Waals surface area contributed by atoms with Gasteiger partial charge in [0.25, 0.3) is 0 Å². The highest BCUT2D eigenvalue weighted by atomic mass is 35.5. The summed E-state index contributed by atoms with van der Waals surface area (Å²) in [5.74, 6) is 2.49. The van der Waals surface area contributed by atoms with Gasteiger partial charge in [0.15, 0.2) is 16.7 Å². The second kappa shape index (κ2) is 13.3. The van der Waals surface area contributed by atoms with Crippen molar-refractivity contribution < 1.29 is 19.1 Å². The van der Waals surface area contributed by atoms with Crippen LogP contribution in [0.4, 0.5) is 0 Å². The van der Waals surface area contributed by atoms with Gasteiger partial charge in [-0.05, 0) is 80.4 Å². The fourth-order valence-electron chi connectivity index (χ4n) is 3.90. The zero-order chi connectivity index (χ0) is 27.8. The van der Waals surface area contributed by atoms with Gasteiger partial charge in [-0.1, -0.05) is 41.6 Å². The minimum Gasteiger partial charge on any atom is -0.494 e. The number of aryl methyl sites for hydroxylation is 1. The third kappa shape index (κ3) is 7.42. The molecular weight excluding hydrogens is 540 g/mol. The van der Waals surface area contributed by atoms with Crippen LogP contribution in [0, 0.1) is 17.0 Å². The normalized spacial score (nSPS) is 11.7. The van der Waals surface area contributed by atoms with Gasteiger partial charge in [0.05, 0.1) is 13.2 Å². The molecule has 0 aliphatic carbocycles. The second-order valence-corrected chi connectivity index (χ2v) is 10.1. The van der Waals surface area contributed by atoms with Crippen LogP contribution in [0.1, 0.15) is 36.0 Å². The SMILES string of the molecule is CCOc1ccc(-n2c(C)nnc2S[C@@H](C[N+](=O)[O-])c2ccc(OCc3ccc(Cl)cc3)c(OCC)c2)cc1. The molecule has 0 spiro atoms. The van der Waals surface area contributed by atoms with E-state index in [4.69, 9.17) is 25.8 Å². The Labute approximate surface area is 236 Å².